The monoisotopic (exact) mass is 351 g/mol. The van der Waals surface area contributed by atoms with Gasteiger partial charge in [0.25, 0.3) is 0 Å². The molecule has 0 radical (unpaired) electrons. The maximum atomic E-state index is 12.9. The molecule has 0 saturated carbocycles. The Kier molecular flexibility index (Phi) is 5.84. The summed E-state index contributed by atoms with van der Waals surface area (Å²) in [5.74, 6) is -0.225. The van der Waals surface area contributed by atoms with Gasteiger partial charge in [0.05, 0.1) is 5.69 Å². The molecule has 1 atom stereocenters. The highest BCUT2D eigenvalue weighted by atomic mass is 127. The lowest BCUT2D eigenvalue weighted by Crippen LogP contribution is -2.18. The van der Waals surface area contributed by atoms with Gasteiger partial charge in [-0.15, -0.1) is 0 Å². The maximum absolute atomic E-state index is 12.9. The topological polar surface area (TPSA) is 38.3 Å². The Morgan fingerprint density at radius 2 is 2.29 bits per heavy atom. The fourth-order valence-corrected chi connectivity index (χ4v) is 2.06. The van der Waals surface area contributed by atoms with Gasteiger partial charge < -0.3 is 10.1 Å². The minimum Gasteiger partial charge on any atom is -0.384 e. The number of anilines is 1. The van der Waals surface area contributed by atoms with Crippen molar-refractivity contribution in [2.45, 2.75) is 13.3 Å². The van der Waals surface area contributed by atoms with Gasteiger partial charge in [-0.1, -0.05) is 6.92 Å². The van der Waals surface area contributed by atoms with E-state index < -0.39 is 0 Å². The molecule has 0 saturated heterocycles. The third-order valence-corrected chi connectivity index (χ3v) is 3.08. The number of hydrogen-bond donors (Lipinski definition) is 1. The van der Waals surface area contributed by atoms with Crippen LogP contribution in [-0.4, -0.2) is 19.6 Å². The molecule has 5 heteroatoms. The van der Waals surface area contributed by atoms with Gasteiger partial charge in [-0.05, 0) is 46.7 Å². The Labute approximate surface area is 114 Å². The highest BCUT2D eigenvalue weighted by molar-refractivity contribution is 14.1. The molecule has 94 valence electrons. The first kappa shape index (κ1) is 14.4. The maximum Gasteiger partial charge on any atom is 0.224 e. The van der Waals surface area contributed by atoms with Crippen LogP contribution in [0.4, 0.5) is 10.1 Å². The van der Waals surface area contributed by atoms with Crippen molar-refractivity contribution >= 4 is 34.2 Å². The van der Waals surface area contributed by atoms with Gasteiger partial charge in [-0.25, -0.2) is 4.39 Å². The predicted molar refractivity (Wildman–Crippen MR) is 73.4 cm³/mol. The van der Waals surface area contributed by atoms with Crippen LogP contribution in [0.1, 0.15) is 13.3 Å². The van der Waals surface area contributed by atoms with Gasteiger partial charge in [0.2, 0.25) is 5.91 Å². The van der Waals surface area contributed by atoms with Crippen LogP contribution < -0.4 is 5.32 Å². The van der Waals surface area contributed by atoms with Crippen molar-refractivity contribution in [1.82, 2.24) is 0 Å². The standard InChI is InChI=1S/C12H15FINO2/c1-8(7-17-2)5-12(16)15-11-4-3-9(13)6-10(11)14/h3-4,6,8H,5,7H2,1-2H3,(H,15,16). The molecule has 0 aliphatic heterocycles. The first-order chi connectivity index (χ1) is 8.02. The zero-order chi connectivity index (χ0) is 12.8. The van der Waals surface area contributed by atoms with Crippen LogP contribution >= 0.6 is 22.6 Å². The molecule has 17 heavy (non-hydrogen) atoms. The third-order valence-electron chi connectivity index (χ3n) is 2.19. The molecule has 1 amide bonds. The van der Waals surface area contributed by atoms with E-state index in [1.54, 1.807) is 13.2 Å². The number of methoxy groups -OCH3 is 1. The van der Waals surface area contributed by atoms with Crippen LogP contribution in [0.25, 0.3) is 0 Å². The van der Waals surface area contributed by atoms with E-state index in [1.807, 2.05) is 29.5 Å². The van der Waals surface area contributed by atoms with Crippen LogP contribution in [0.3, 0.4) is 0 Å². The molecule has 1 unspecified atom stereocenters. The van der Waals surface area contributed by atoms with E-state index >= 15 is 0 Å². The zero-order valence-corrected chi connectivity index (χ0v) is 12.0. The number of rotatable bonds is 5. The molecule has 0 bridgehead atoms. The van der Waals surface area contributed by atoms with Gasteiger partial charge in [-0.3, -0.25) is 4.79 Å². The molecule has 1 aromatic rings. The summed E-state index contributed by atoms with van der Waals surface area (Å²) in [6.07, 6.45) is 0.390. The Balaban J connectivity index is 2.56. The van der Waals surface area contributed by atoms with Crippen molar-refractivity contribution in [2.75, 3.05) is 19.0 Å². The summed E-state index contributed by atoms with van der Waals surface area (Å²) in [7, 11) is 1.61. The normalized spacial score (nSPS) is 12.2. The van der Waals surface area contributed by atoms with Gasteiger partial charge in [0.1, 0.15) is 5.82 Å². The molecule has 0 aromatic heterocycles. The van der Waals surface area contributed by atoms with Gasteiger partial charge in [0.15, 0.2) is 0 Å². The molecule has 1 aromatic carbocycles. The Morgan fingerprint density at radius 3 is 2.88 bits per heavy atom. The molecule has 0 aliphatic carbocycles. The number of ether oxygens (including phenoxy) is 1. The Hall–Kier alpha value is -0.690. The summed E-state index contributed by atoms with van der Waals surface area (Å²) in [6, 6.07) is 4.28. The van der Waals surface area contributed by atoms with E-state index in [0.717, 1.165) is 0 Å². The molecule has 0 fully saturated rings. The molecular formula is C12H15FINO2. The largest absolute Gasteiger partial charge is 0.384 e. The summed E-state index contributed by atoms with van der Waals surface area (Å²) < 4.78 is 18.5. The first-order valence-corrected chi connectivity index (χ1v) is 6.34. The lowest BCUT2D eigenvalue weighted by molar-refractivity contribution is -0.117. The van der Waals surface area contributed by atoms with Crippen LogP contribution in [0.2, 0.25) is 0 Å². The summed E-state index contributed by atoms with van der Waals surface area (Å²) >= 11 is 1.99. The molecular weight excluding hydrogens is 336 g/mol. The number of carbonyl (C=O) groups excluding carboxylic acids is 1. The fourth-order valence-electron chi connectivity index (χ4n) is 1.45. The third kappa shape index (κ3) is 4.99. The highest BCUT2D eigenvalue weighted by Gasteiger charge is 2.10. The lowest BCUT2D eigenvalue weighted by atomic mass is 10.1. The molecule has 3 nitrogen and oxygen atoms in total. The average molecular weight is 351 g/mol. The van der Waals surface area contributed by atoms with Gasteiger partial charge in [-0.2, -0.15) is 0 Å². The fraction of sp³-hybridized carbons (Fsp3) is 0.417. The molecule has 1 rings (SSSR count). The van der Waals surface area contributed by atoms with E-state index in [4.69, 9.17) is 4.74 Å². The van der Waals surface area contributed by atoms with Crippen molar-refractivity contribution in [3.63, 3.8) is 0 Å². The summed E-state index contributed by atoms with van der Waals surface area (Å²) in [5, 5.41) is 2.76. The predicted octanol–water partition coefficient (Wildman–Crippen LogP) is 3.04. The summed E-state index contributed by atoms with van der Waals surface area (Å²) in [5.41, 5.74) is 0.640. The number of nitrogens with one attached hydrogen (secondary N) is 1. The van der Waals surface area contributed by atoms with Gasteiger partial charge >= 0.3 is 0 Å². The highest BCUT2D eigenvalue weighted by Crippen LogP contribution is 2.19. The number of carbonyl (C=O) groups is 1. The van der Waals surface area contributed by atoms with Crippen LogP contribution in [0, 0.1) is 15.3 Å². The smallest absolute Gasteiger partial charge is 0.224 e. The van der Waals surface area contributed by atoms with Crippen LogP contribution in [-0.2, 0) is 9.53 Å². The minimum atomic E-state index is -0.305. The number of benzene rings is 1. The second-order valence-electron chi connectivity index (χ2n) is 3.94. The lowest BCUT2D eigenvalue weighted by Gasteiger charge is -2.11. The summed E-state index contributed by atoms with van der Waals surface area (Å²) in [4.78, 5) is 11.7. The second-order valence-corrected chi connectivity index (χ2v) is 5.10. The second kappa shape index (κ2) is 6.90. The first-order valence-electron chi connectivity index (χ1n) is 5.26. The number of halogens is 2. The Morgan fingerprint density at radius 1 is 1.59 bits per heavy atom. The molecule has 0 aliphatic rings. The SMILES string of the molecule is COCC(C)CC(=O)Nc1ccc(F)cc1I. The number of hydrogen-bond acceptors (Lipinski definition) is 2. The van der Waals surface area contributed by atoms with Crippen LogP contribution in [0.15, 0.2) is 18.2 Å². The Bertz CT molecular complexity index is 398. The van der Waals surface area contributed by atoms with Gasteiger partial charge in [0, 0.05) is 23.7 Å². The van der Waals surface area contributed by atoms with E-state index in [1.165, 1.54) is 12.1 Å². The summed E-state index contributed by atoms with van der Waals surface area (Å²) in [6.45, 7) is 2.49. The van der Waals surface area contributed by atoms with E-state index in [2.05, 4.69) is 5.32 Å². The minimum absolute atomic E-state index is 0.0842. The molecule has 1 N–H and O–H groups in total. The van der Waals surface area contributed by atoms with Crippen molar-refractivity contribution in [3.05, 3.63) is 27.6 Å². The van der Waals surface area contributed by atoms with Crippen molar-refractivity contribution in [1.29, 1.82) is 0 Å². The number of amides is 1. The van der Waals surface area contributed by atoms with Crippen molar-refractivity contribution in [2.24, 2.45) is 5.92 Å². The average Bonchev–Trinajstić information content (AvgIpc) is 2.22. The molecule has 0 heterocycles. The molecule has 0 spiro atoms. The van der Waals surface area contributed by atoms with Crippen LogP contribution in [0.5, 0.6) is 0 Å². The van der Waals surface area contributed by atoms with Crippen molar-refractivity contribution in [3.8, 4) is 0 Å². The quantitative estimate of drug-likeness (QED) is 0.829. The zero-order valence-electron chi connectivity index (χ0n) is 9.80. The van der Waals surface area contributed by atoms with Crippen molar-refractivity contribution < 1.29 is 13.9 Å². The van der Waals surface area contributed by atoms with E-state index in [-0.39, 0.29) is 17.6 Å². The van der Waals surface area contributed by atoms with E-state index in [9.17, 15) is 9.18 Å². The van der Waals surface area contributed by atoms with E-state index in [0.29, 0.717) is 22.3 Å².